The SMILES string of the molecule is Cc1cc(NC(=O)CN2C(=O)c3ccccc3C2=O)ccc1F. The molecule has 2 aromatic carbocycles. The zero-order valence-corrected chi connectivity index (χ0v) is 12.3. The molecule has 2 aromatic rings. The van der Waals surface area contributed by atoms with Gasteiger partial charge in [-0.15, -0.1) is 0 Å². The minimum Gasteiger partial charge on any atom is -0.325 e. The third-order valence-corrected chi connectivity index (χ3v) is 3.62. The lowest BCUT2D eigenvalue weighted by Gasteiger charge is -2.14. The molecule has 0 radical (unpaired) electrons. The summed E-state index contributed by atoms with van der Waals surface area (Å²) in [6.07, 6.45) is 0. The third-order valence-electron chi connectivity index (χ3n) is 3.62. The van der Waals surface area contributed by atoms with Crippen molar-refractivity contribution in [3.8, 4) is 0 Å². The number of nitrogens with one attached hydrogen (secondary N) is 1. The summed E-state index contributed by atoms with van der Waals surface area (Å²) in [5, 5.41) is 2.55. The number of amides is 3. The van der Waals surface area contributed by atoms with Crippen molar-refractivity contribution < 1.29 is 18.8 Å². The molecule has 5 nitrogen and oxygen atoms in total. The first-order valence-electron chi connectivity index (χ1n) is 6.98. The molecule has 0 atom stereocenters. The van der Waals surface area contributed by atoms with Crippen LogP contribution in [0.3, 0.4) is 0 Å². The summed E-state index contributed by atoms with van der Waals surface area (Å²) in [6.45, 7) is 1.19. The minimum atomic E-state index is -0.523. The summed E-state index contributed by atoms with van der Waals surface area (Å²) in [6, 6.07) is 10.6. The Labute approximate surface area is 131 Å². The van der Waals surface area contributed by atoms with Crippen LogP contribution in [-0.4, -0.2) is 29.2 Å². The van der Waals surface area contributed by atoms with Crippen molar-refractivity contribution in [2.75, 3.05) is 11.9 Å². The van der Waals surface area contributed by atoms with Crippen molar-refractivity contribution in [2.24, 2.45) is 0 Å². The van der Waals surface area contributed by atoms with Crippen LogP contribution in [-0.2, 0) is 4.79 Å². The number of carbonyl (C=O) groups excluding carboxylic acids is 3. The van der Waals surface area contributed by atoms with Crippen LogP contribution >= 0.6 is 0 Å². The van der Waals surface area contributed by atoms with E-state index in [0.717, 1.165) is 4.90 Å². The molecule has 3 rings (SSSR count). The molecule has 0 bridgehead atoms. The number of rotatable bonds is 3. The van der Waals surface area contributed by atoms with E-state index in [1.54, 1.807) is 31.2 Å². The van der Waals surface area contributed by atoms with Crippen molar-refractivity contribution >= 4 is 23.4 Å². The second kappa shape index (κ2) is 5.64. The van der Waals surface area contributed by atoms with E-state index in [1.165, 1.54) is 18.2 Å². The van der Waals surface area contributed by atoms with Gasteiger partial charge in [0, 0.05) is 5.69 Å². The number of hydrogen-bond acceptors (Lipinski definition) is 3. The molecular weight excluding hydrogens is 299 g/mol. The topological polar surface area (TPSA) is 66.5 Å². The van der Waals surface area contributed by atoms with Gasteiger partial charge in [0.05, 0.1) is 11.1 Å². The molecule has 0 fully saturated rings. The van der Waals surface area contributed by atoms with Gasteiger partial charge < -0.3 is 5.32 Å². The van der Waals surface area contributed by atoms with E-state index in [1.807, 2.05) is 0 Å². The average molecular weight is 312 g/mol. The molecule has 3 amide bonds. The molecule has 0 saturated heterocycles. The summed E-state index contributed by atoms with van der Waals surface area (Å²) >= 11 is 0. The van der Waals surface area contributed by atoms with Gasteiger partial charge in [-0.3, -0.25) is 19.3 Å². The number of nitrogens with zero attached hydrogens (tertiary/aromatic N) is 1. The first-order valence-corrected chi connectivity index (χ1v) is 6.98. The average Bonchev–Trinajstić information content (AvgIpc) is 2.76. The van der Waals surface area contributed by atoms with Crippen LogP contribution in [0.2, 0.25) is 0 Å². The highest BCUT2D eigenvalue weighted by atomic mass is 19.1. The van der Waals surface area contributed by atoms with Gasteiger partial charge in [-0.25, -0.2) is 4.39 Å². The molecule has 1 N–H and O–H groups in total. The van der Waals surface area contributed by atoms with Crippen LogP contribution in [0.15, 0.2) is 42.5 Å². The zero-order valence-electron chi connectivity index (χ0n) is 12.3. The predicted octanol–water partition coefficient (Wildman–Crippen LogP) is 2.37. The highest BCUT2D eigenvalue weighted by Crippen LogP contribution is 2.22. The Hall–Kier alpha value is -3.02. The van der Waals surface area contributed by atoms with Gasteiger partial charge in [-0.1, -0.05) is 12.1 Å². The van der Waals surface area contributed by atoms with Crippen LogP contribution in [0, 0.1) is 12.7 Å². The summed E-state index contributed by atoms with van der Waals surface area (Å²) < 4.78 is 13.2. The maximum absolute atomic E-state index is 13.2. The fourth-order valence-electron chi connectivity index (χ4n) is 2.45. The van der Waals surface area contributed by atoms with Crippen molar-refractivity contribution in [2.45, 2.75) is 6.92 Å². The first-order chi connectivity index (χ1) is 11.0. The summed E-state index contributed by atoms with van der Waals surface area (Å²) in [7, 11) is 0. The molecule has 0 aliphatic carbocycles. The summed E-state index contributed by atoms with van der Waals surface area (Å²) in [4.78, 5) is 37.3. The Morgan fingerprint density at radius 1 is 1.09 bits per heavy atom. The van der Waals surface area contributed by atoms with Gasteiger partial charge in [0.25, 0.3) is 11.8 Å². The van der Waals surface area contributed by atoms with E-state index in [-0.39, 0.29) is 12.4 Å². The normalized spacial score (nSPS) is 13.2. The Morgan fingerprint density at radius 2 is 1.70 bits per heavy atom. The lowest BCUT2D eigenvalue weighted by molar-refractivity contribution is -0.116. The van der Waals surface area contributed by atoms with Gasteiger partial charge in [0.2, 0.25) is 5.91 Å². The van der Waals surface area contributed by atoms with Crippen LogP contribution in [0.1, 0.15) is 26.3 Å². The monoisotopic (exact) mass is 312 g/mol. The van der Waals surface area contributed by atoms with Gasteiger partial charge in [0.1, 0.15) is 12.4 Å². The lowest BCUT2D eigenvalue weighted by atomic mass is 10.1. The van der Waals surface area contributed by atoms with E-state index in [4.69, 9.17) is 0 Å². The van der Waals surface area contributed by atoms with E-state index < -0.39 is 17.7 Å². The summed E-state index contributed by atoms with van der Waals surface area (Å²) in [5.74, 6) is -1.87. The van der Waals surface area contributed by atoms with Gasteiger partial charge >= 0.3 is 0 Å². The number of anilines is 1. The number of imide groups is 1. The quantitative estimate of drug-likeness (QED) is 0.885. The molecule has 0 unspecified atom stereocenters. The number of hydrogen-bond donors (Lipinski definition) is 1. The fourth-order valence-corrected chi connectivity index (χ4v) is 2.45. The molecule has 0 aromatic heterocycles. The molecule has 0 spiro atoms. The van der Waals surface area contributed by atoms with E-state index in [9.17, 15) is 18.8 Å². The van der Waals surface area contributed by atoms with E-state index in [2.05, 4.69) is 5.32 Å². The van der Waals surface area contributed by atoms with E-state index in [0.29, 0.717) is 22.4 Å². The van der Waals surface area contributed by atoms with Crippen molar-refractivity contribution in [1.29, 1.82) is 0 Å². The number of aryl methyl sites for hydroxylation is 1. The number of benzene rings is 2. The molecule has 23 heavy (non-hydrogen) atoms. The Bertz CT molecular complexity index is 797. The van der Waals surface area contributed by atoms with Gasteiger partial charge in [-0.2, -0.15) is 0 Å². The minimum absolute atomic E-state index is 0.294. The maximum atomic E-state index is 13.2. The lowest BCUT2D eigenvalue weighted by Crippen LogP contribution is -2.37. The largest absolute Gasteiger partial charge is 0.325 e. The van der Waals surface area contributed by atoms with Crippen molar-refractivity contribution in [3.63, 3.8) is 0 Å². The van der Waals surface area contributed by atoms with E-state index >= 15 is 0 Å². The predicted molar refractivity (Wildman–Crippen MR) is 81.6 cm³/mol. The molecule has 1 aliphatic rings. The zero-order chi connectivity index (χ0) is 16.6. The first kappa shape index (κ1) is 14.9. The van der Waals surface area contributed by atoms with Crippen LogP contribution in [0.4, 0.5) is 10.1 Å². The van der Waals surface area contributed by atoms with Crippen LogP contribution in [0.5, 0.6) is 0 Å². The number of fused-ring (bicyclic) bond motifs is 1. The molecule has 1 heterocycles. The van der Waals surface area contributed by atoms with Crippen molar-refractivity contribution in [3.05, 3.63) is 65.0 Å². The smallest absolute Gasteiger partial charge is 0.262 e. The third kappa shape index (κ3) is 2.70. The Morgan fingerprint density at radius 3 is 2.26 bits per heavy atom. The van der Waals surface area contributed by atoms with Gasteiger partial charge in [0.15, 0.2) is 0 Å². The molecule has 6 heteroatoms. The van der Waals surface area contributed by atoms with Crippen LogP contribution < -0.4 is 5.32 Å². The molecule has 116 valence electrons. The highest BCUT2D eigenvalue weighted by molar-refractivity contribution is 6.22. The Kier molecular flexibility index (Phi) is 3.65. The number of halogens is 1. The van der Waals surface area contributed by atoms with Gasteiger partial charge in [-0.05, 0) is 42.8 Å². The summed E-state index contributed by atoms with van der Waals surface area (Å²) in [5.41, 5.74) is 1.39. The highest BCUT2D eigenvalue weighted by Gasteiger charge is 2.36. The maximum Gasteiger partial charge on any atom is 0.262 e. The molecular formula is C17H13FN2O3. The molecule has 0 saturated carbocycles. The van der Waals surface area contributed by atoms with Crippen LogP contribution in [0.25, 0.3) is 0 Å². The standard InChI is InChI=1S/C17H13FN2O3/c1-10-8-11(6-7-14(10)18)19-15(21)9-20-16(22)12-4-2-3-5-13(12)17(20)23/h2-8H,9H2,1H3,(H,19,21). The Balaban J connectivity index is 1.73. The number of carbonyl (C=O) groups is 3. The second-order valence-electron chi connectivity index (χ2n) is 5.25. The molecule has 1 aliphatic heterocycles. The second-order valence-corrected chi connectivity index (χ2v) is 5.25. The van der Waals surface area contributed by atoms with Crippen molar-refractivity contribution in [1.82, 2.24) is 4.90 Å². The fraction of sp³-hybridized carbons (Fsp3) is 0.118.